The number of carbonyl (C=O) groups is 1. The molecular weight excluding hydrogens is 415 g/mol. The summed E-state index contributed by atoms with van der Waals surface area (Å²) in [4.78, 5) is 11.7. The summed E-state index contributed by atoms with van der Waals surface area (Å²) in [6.07, 6.45) is 12.1. The average Bonchev–Trinajstić information content (AvgIpc) is 3.02. The van der Waals surface area contributed by atoms with E-state index in [1.807, 2.05) is 26.7 Å². The quantitative estimate of drug-likeness (QED) is 0.187. The van der Waals surface area contributed by atoms with Crippen LogP contribution in [0.25, 0.3) is 0 Å². The molecule has 0 spiro atoms. The highest BCUT2D eigenvalue weighted by Crippen LogP contribution is 2.44. The normalized spacial score (nSPS) is 25.7. The van der Waals surface area contributed by atoms with E-state index in [2.05, 4.69) is 36.4 Å². The first-order valence-electron chi connectivity index (χ1n) is 12.8. The van der Waals surface area contributed by atoms with E-state index in [0.717, 1.165) is 51.4 Å². The van der Waals surface area contributed by atoms with E-state index in [1.54, 1.807) is 0 Å². The number of fused-ring (bicyclic) bond motifs is 2. The van der Waals surface area contributed by atoms with Crippen LogP contribution in [0.3, 0.4) is 0 Å². The van der Waals surface area contributed by atoms with Crippen molar-refractivity contribution in [1.82, 2.24) is 0 Å². The van der Waals surface area contributed by atoms with Crippen LogP contribution in [0.1, 0.15) is 70.8 Å². The molecule has 1 aliphatic carbocycles. The Bertz CT molecular complexity index is 737. The van der Waals surface area contributed by atoms with Gasteiger partial charge >= 0.3 is 13.1 Å². The lowest BCUT2D eigenvalue weighted by Crippen LogP contribution is -2.35. The minimum Gasteiger partial charge on any atom is -0.463 e. The lowest BCUT2D eigenvalue weighted by molar-refractivity contribution is -0.147. The maximum atomic E-state index is 11.7. The van der Waals surface area contributed by atoms with Crippen molar-refractivity contribution in [3.8, 4) is 0 Å². The number of aliphatic hydroxyl groups excluding tert-OH is 1. The van der Waals surface area contributed by atoms with E-state index in [1.165, 1.54) is 5.56 Å². The third-order valence-corrected chi connectivity index (χ3v) is 6.84. The fraction of sp³-hybridized carbons (Fsp3) is 0.667. The second kappa shape index (κ2) is 13.3. The zero-order chi connectivity index (χ0) is 23.6. The molecule has 1 saturated carbocycles. The third-order valence-electron chi connectivity index (χ3n) is 6.84. The Morgan fingerprint density at radius 1 is 1.15 bits per heavy atom. The number of aryl methyl sites for hydroxylation is 1. The van der Waals surface area contributed by atoms with E-state index in [9.17, 15) is 9.90 Å². The van der Waals surface area contributed by atoms with Crippen molar-refractivity contribution in [3.63, 3.8) is 0 Å². The van der Waals surface area contributed by atoms with Gasteiger partial charge in [0.1, 0.15) is 0 Å². The Morgan fingerprint density at radius 3 is 2.61 bits per heavy atom. The molecule has 1 heterocycles. The Hall–Kier alpha value is -1.63. The molecule has 1 aromatic rings. The second-order valence-electron chi connectivity index (χ2n) is 9.87. The van der Waals surface area contributed by atoms with Gasteiger partial charge in [0.25, 0.3) is 0 Å². The van der Waals surface area contributed by atoms with Gasteiger partial charge in [-0.2, -0.15) is 0 Å². The van der Waals surface area contributed by atoms with Crippen molar-refractivity contribution in [3.05, 3.63) is 48.0 Å². The number of hydrogen-bond donors (Lipinski definition) is 1. The first kappa shape index (κ1) is 26.0. The number of carbonyl (C=O) groups excluding carboxylic acids is 1. The zero-order valence-corrected chi connectivity index (χ0v) is 20.5. The monoisotopic (exact) mass is 456 g/mol. The summed E-state index contributed by atoms with van der Waals surface area (Å²) in [5.41, 5.74) is 1.28. The fourth-order valence-electron chi connectivity index (χ4n) is 5.26. The second-order valence-corrected chi connectivity index (χ2v) is 9.87. The summed E-state index contributed by atoms with van der Waals surface area (Å²) < 4.78 is 17.4. The maximum Gasteiger partial charge on any atom is 0.453 e. The maximum absolute atomic E-state index is 11.7. The van der Waals surface area contributed by atoms with Gasteiger partial charge in [-0.15, -0.1) is 0 Å². The molecule has 0 radical (unpaired) electrons. The summed E-state index contributed by atoms with van der Waals surface area (Å²) in [5.74, 6) is 0.717. The lowest BCUT2D eigenvalue weighted by Gasteiger charge is -2.26. The third kappa shape index (κ3) is 8.58. The standard InChI is InChI=1S/C27H41BO5/c1-20(2)31-27(30)14-10-5-4-9-13-23-24(26-19-25(23)32-28(3)33-26)18-17-22(29)16-15-21-11-7-6-8-12-21/h4,6-9,11-12,20,22-26,29H,5,10,13-19H2,1-3H3/b9-4-/t22-,23+,24+,25-,26+/m0/s1. The van der Waals surface area contributed by atoms with Crippen molar-refractivity contribution in [2.24, 2.45) is 11.8 Å². The number of allylic oxidation sites excluding steroid dienone is 2. The number of aliphatic hydroxyl groups is 1. The van der Waals surface area contributed by atoms with Gasteiger partial charge in [-0.25, -0.2) is 0 Å². The molecule has 0 unspecified atom stereocenters. The van der Waals surface area contributed by atoms with Gasteiger partial charge in [-0.3, -0.25) is 4.79 Å². The van der Waals surface area contributed by atoms with Gasteiger partial charge in [0.2, 0.25) is 0 Å². The number of benzene rings is 1. The summed E-state index contributed by atoms with van der Waals surface area (Å²) in [5, 5.41) is 10.6. The van der Waals surface area contributed by atoms with Gasteiger partial charge < -0.3 is 19.2 Å². The van der Waals surface area contributed by atoms with Crippen LogP contribution in [0.2, 0.25) is 6.82 Å². The van der Waals surface area contributed by atoms with E-state index in [4.69, 9.17) is 14.0 Å². The molecule has 2 bridgehead atoms. The van der Waals surface area contributed by atoms with Crippen molar-refractivity contribution < 1.29 is 23.9 Å². The smallest absolute Gasteiger partial charge is 0.453 e. The van der Waals surface area contributed by atoms with E-state index in [-0.39, 0.29) is 37.5 Å². The molecule has 5 nitrogen and oxygen atoms in total. The Labute approximate surface area is 200 Å². The number of rotatable bonds is 13. The van der Waals surface area contributed by atoms with Gasteiger partial charge in [0.15, 0.2) is 0 Å². The minimum absolute atomic E-state index is 0.0480. The zero-order valence-electron chi connectivity index (χ0n) is 20.5. The van der Waals surface area contributed by atoms with Crippen molar-refractivity contribution >= 4 is 13.1 Å². The highest BCUT2D eigenvalue weighted by atomic mass is 16.6. The molecule has 6 heteroatoms. The highest BCUT2D eigenvalue weighted by molar-refractivity contribution is 6.42. The number of unbranched alkanes of at least 4 members (excludes halogenated alkanes) is 1. The summed E-state index contributed by atoms with van der Waals surface area (Å²) in [6, 6.07) is 10.4. The molecular formula is C27H41BO5. The topological polar surface area (TPSA) is 65.0 Å². The molecule has 0 aromatic heterocycles. The first-order chi connectivity index (χ1) is 15.9. The van der Waals surface area contributed by atoms with Crippen LogP contribution < -0.4 is 0 Å². The van der Waals surface area contributed by atoms with Crippen LogP contribution >= 0.6 is 0 Å². The Balaban J connectivity index is 1.43. The number of hydrogen-bond acceptors (Lipinski definition) is 5. The molecule has 0 amide bonds. The van der Waals surface area contributed by atoms with Crippen LogP contribution in [0, 0.1) is 11.8 Å². The molecule has 2 aliphatic rings. The molecule has 1 aliphatic heterocycles. The van der Waals surface area contributed by atoms with Crippen molar-refractivity contribution in [2.45, 2.75) is 103 Å². The molecule has 33 heavy (non-hydrogen) atoms. The molecule has 1 aromatic carbocycles. The van der Waals surface area contributed by atoms with Crippen LogP contribution in [-0.4, -0.2) is 42.6 Å². The summed E-state index contributed by atoms with van der Waals surface area (Å²) in [6.45, 7) is 5.74. The van der Waals surface area contributed by atoms with E-state index < -0.39 is 0 Å². The van der Waals surface area contributed by atoms with Crippen LogP contribution in [0.5, 0.6) is 0 Å². The summed E-state index contributed by atoms with van der Waals surface area (Å²) in [7, 11) is -0.153. The molecule has 1 saturated heterocycles. The predicted octanol–water partition coefficient (Wildman–Crippen LogP) is 5.37. The van der Waals surface area contributed by atoms with E-state index in [0.29, 0.717) is 18.3 Å². The molecule has 1 N–H and O–H groups in total. The SMILES string of the molecule is CB1O[C@H]2C[C@@H](O1)[C@H](CC[C@@H](O)CCc1ccccc1)[C@H]2C/C=C\CCCC(=O)OC(C)C. The molecule has 3 rings (SSSR count). The van der Waals surface area contributed by atoms with Crippen molar-refractivity contribution in [2.75, 3.05) is 0 Å². The predicted molar refractivity (Wildman–Crippen MR) is 132 cm³/mol. The fourth-order valence-corrected chi connectivity index (χ4v) is 5.26. The Kier molecular flexibility index (Phi) is 10.5. The molecule has 182 valence electrons. The van der Waals surface area contributed by atoms with Gasteiger partial charge in [-0.1, -0.05) is 42.5 Å². The van der Waals surface area contributed by atoms with E-state index >= 15 is 0 Å². The largest absolute Gasteiger partial charge is 0.463 e. The van der Waals surface area contributed by atoms with Crippen LogP contribution in [0.4, 0.5) is 0 Å². The van der Waals surface area contributed by atoms with Crippen LogP contribution in [0.15, 0.2) is 42.5 Å². The van der Waals surface area contributed by atoms with Crippen molar-refractivity contribution in [1.29, 1.82) is 0 Å². The number of esters is 1. The number of ether oxygens (including phenoxy) is 1. The van der Waals surface area contributed by atoms with Gasteiger partial charge in [0, 0.05) is 18.6 Å². The molecule has 5 atom stereocenters. The first-order valence-corrected chi connectivity index (χ1v) is 12.8. The Morgan fingerprint density at radius 2 is 1.88 bits per heavy atom. The van der Waals surface area contributed by atoms with Crippen LogP contribution in [-0.2, 0) is 25.3 Å². The minimum atomic E-state index is -0.286. The average molecular weight is 456 g/mol. The molecule has 2 fully saturated rings. The van der Waals surface area contributed by atoms with Gasteiger partial charge in [0.05, 0.1) is 12.2 Å². The summed E-state index contributed by atoms with van der Waals surface area (Å²) >= 11 is 0. The van der Waals surface area contributed by atoms with Gasteiger partial charge in [-0.05, 0) is 89.4 Å². The lowest BCUT2D eigenvalue weighted by atomic mass is 9.85. The highest BCUT2D eigenvalue weighted by Gasteiger charge is 2.48.